The number of fused-ring (bicyclic) bond motifs is 1. The maximum Gasteiger partial charge on any atom is 0.00482 e. The van der Waals surface area contributed by atoms with Gasteiger partial charge in [-0.1, -0.05) is 6.92 Å². The molecule has 2 aliphatic rings. The summed E-state index contributed by atoms with van der Waals surface area (Å²) in [6, 6.07) is 0. The highest BCUT2D eigenvalue weighted by Gasteiger charge is 2.44. The predicted molar refractivity (Wildman–Crippen MR) is 42.0 cm³/mol. The fourth-order valence-electron chi connectivity index (χ4n) is 2.45. The predicted octanol–water partition coefficient (Wildman–Crippen LogP) is 0.157. The van der Waals surface area contributed by atoms with Gasteiger partial charge in [0.15, 0.2) is 0 Å². The Morgan fingerprint density at radius 1 is 1.60 bits per heavy atom. The molecule has 0 aromatic heterocycles. The number of rotatable bonds is 0. The average molecular weight is 140 g/mol. The van der Waals surface area contributed by atoms with Gasteiger partial charge in [-0.3, -0.25) is 0 Å². The number of hydrogen-bond donors (Lipinski definition) is 1. The van der Waals surface area contributed by atoms with E-state index < -0.39 is 0 Å². The fourth-order valence-corrected chi connectivity index (χ4v) is 2.45. The first kappa shape index (κ1) is 6.62. The van der Waals surface area contributed by atoms with Crippen molar-refractivity contribution < 1.29 is 0 Å². The Kier molecular flexibility index (Phi) is 1.29. The minimum atomic E-state index is 0.592. The second-order valence-electron chi connectivity index (χ2n) is 4.18. The minimum absolute atomic E-state index is 0.592. The summed E-state index contributed by atoms with van der Waals surface area (Å²) in [5.41, 5.74) is 0.592. The van der Waals surface area contributed by atoms with Crippen LogP contribution in [0.3, 0.4) is 0 Å². The average Bonchev–Trinajstić information content (AvgIpc) is 2.20. The molecule has 2 heterocycles. The molecule has 2 atom stereocenters. The van der Waals surface area contributed by atoms with Gasteiger partial charge in [0.2, 0.25) is 0 Å². The molecule has 0 bridgehead atoms. The van der Waals surface area contributed by atoms with Crippen LogP contribution in [0.1, 0.15) is 6.92 Å². The zero-order valence-corrected chi connectivity index (χ0v) is 6.85. The lowest BCUT2D eigenvalue weighted by atomic mass is 9.83. The Balaban J connectivity index is 2.15. The zero-order chi connectivity index (χ0) is 7.19. The van der Waals surface area contributed by atoms with Crippen molar-refractivity contribution in [3.8, 4) is 0 Å². The maximum atomic E-state index is 3.46. The summed E-state index contributed by atoms with van der Waals surface area (Å²) < 4.78 is 0. The lowest BCUT2D eigenvalue weighted by molar-refractivity contribution is 0.309. The molecule has 0 amide bonds. The third kappa shape index (κ3) is 0.789. The van der Waals surface area contributed by atoms with E-state index in [0.717, 1.165) is 5.92 Å². The molecule has 0 radical (unpaired) electrons. The highest BCUT2D eigenvalue weighted by Crippen LogP contribution is 2.37. The highest BCUT2D eigenvalue weighted by molar-refractivity contribution is 4.99. The molecule has 2 saturated heterocycles. The van der Waals surface area contributed by atoms with E-state index in [1.165, 1.54) is 26.2 Å². The third-order valence-electron chi connectivity index (χ3n) is 3.07. The first-order valence-corrected chi connectivity index (χ1v) is 4.10. The van der Waals surface area contributed by atoms with Gasteiger partial charge in [-0.2, -0.15) is 0 Å². The Morgan fingerprint density at radius 2 is 2.40 bits per heavy atom. The normalized spacial score (nSPS) is 48.0. The van der Waals surface area contributed by atoms with Crippen LogP contribution in [-0.4, -0.2) is 38.1 Å². The number of nitrogens with one attached hydrogen (secondary N) is 1. The smallest absolute Gasteiger partial charge is 0.00482 e. The van der Waals surface area contributed by atoms with Crippen LogP contribution in [-0.2, 0) is 0 Å². The molecule has 1 unspecified atom stereocenters. The number of nitrogens with zero attached hydrogens (tertiary/aromatic N) is 1. The van der Waals surface area contributed by atoms with Gasteiger partial charge in [0.05, 0.1) is 0 Å². The summed E-state index contributed by atoms with van der Waals surface area (Å²) in [6.07, 6.45) is 0. The lowest BCUT2D eigenvalue weighted by Crippen LogP contribution is -2.27. The van der Waals surface area contributed by atoms with E-state index in [2.05, 4.69) is 24.2 Å². The van der Waals surface area contributed by atoms with Crippen LogP contribution in [0.25, 0.3) is 0 Å². The molecule has 0 aromatic carbocycles. The maximum absolute atomic E-state index is 3.46. The van der Waals surface area contributed by atoms with Crippen molar-refractivity contribution in [3.05, 3.63) is 0 Å². The van der Waals surface area contributed by atoms with Crippen molar-refractivity contribution in [2.75, 3.05) is 33.2 Å². The van der Waals surface area contributed by atoms with Crippen LogP contribution < -0.4 is 5.32 Å². The third-order valence-corrected chi connectivity index (χ3v) is 3.07. The molecule has 0 saturated carbocycles. The van der Waals surface area contributed by atoms with Crippen LogP contribution in [0.4, 0.5) is 0 Å². The van der Waals surface area contributed by atoms with E-state index >= 15 is 0 Å². The SMILES string of the molecule is CN1CC2CNC[C@@]2(C)C1. The van der Waals surface area contributed by atoms with Crippen molar-refractivity contribution >= 4 is 0 Å². The largest absolute Gasteiger partial charge is 0.316 e. The summed E-state index contributed by atoms with van der Waals surface area (Å²) in [5.74, 6) is 0.914. The Labute approximate surface area is 62.6 Å². The van der Waals surface area contributed by atoms with Gasteiger partial charge < -0.3 is 10.2 Å². The van der Waals surface area contributed by atoms with Crippen LogP contribution in [0, 0.1) is 11.3 Å². The first-order valence-electron chi connectivity index (χ1n) is 4.10. The van der Waals surface area contributed by atoms with E-state index in [0.29, 0.717) is 5.41 Å². The second-order valence-corrected chi connectivity index (χ2v) is 4.18. The van der Waals surface area contributed by atoms with Gasteiger partial charge in [0.25, 0.3) is 0 Å². The van der Waals surface area contributed by atoms with Gasteiger partial charge in [0.1, 0.15) is 0 Å². The molecule has 2 aliphatic heterocycles. The van der Waals surface area contributed by atoms with Crippen molar-refractivity contribution in [1.82, 2.24) is 10.2 Å². The molecule has 58 valence electrons. The lowest BCUT2D eigenvalue weighted by Gasteiger charge is -2.20. The Bertz CT molecular complexity index is 146. The van der Waals surface area contributed by atoms with Crippen molar-refractivity contribution in [1.29, 1.82) is 0 Å². The van der Waals surface area contributed by atoms with E-state index in [1.807, 2.05) is 0 Å². The first-order chi connectivity index (χ1) is 4.71. The monoisotopic (exact) mass is 140 g/mol. The Morgan fingerprint density at radius 3 is 3.10 bits per heavy atom. The van der Waals surface area contributed by atoms with E-state index in [9.17, 15) is 0 Å². The van der Waals surface area contributed by atoms with Crippen LogP contribution >= 0.6 is 0 Å². The molecular weight excluding hydrogens is 124 g/mol. The standard InChI is InChI=1S/C8H16N2/c1-8-5-9-3-7(8)4-10(2)6-8/h7,9H,3-6H2,1-2H3/t7?,8-/m0/s1. The second kappa shape index (κ2) is 1.95. The summed E-state index contributed by atoms with van der Waals surface area (Å²) in [6.45, 7) is 7.44. The molecule has 10 heavy (non-hydrogen) atoms. The summed E-state index contributed by atoms with van der Waals surface area (Å²) in [5, 5.41) is 3.46. The molecule has 0 aliphatic carbocycles. The van der Waals surface area contributed by atoms with Crippen molar-refractivity contribution in [2.45, 2.75) is 6.92 Å². The van der Waals surface area contributed by atoms with Crippen molar-refractivity contribution in [3.63, 3.8) is 0 Å². The van der Waals surface area contributed by atoms with Crippen LogP contribution in [0.2, 0.25) is 0 Å². The number of hydrogen-bond acceptors (Lipinski definition) is 2. The molecule has 1 N–H and O–H groups in total. The summed E-state index contributed by atoms with van der Waals surface area (Å²) in [7, 11) is 2.23. The van der Waals surface area contributed by atoms with Gasteiger partial charge in [-0.25, -0.2) is 0 Å². The van der Waals surface area contributed by atoms with Gasteiger partial charge in [0, 0.05) is 19.6 Å². The molecule has 0 spiro atoms. The van der Waals surface area contributed by atoms with Crippen molar-refractivity contribution in [2.24, 2.45) is 11.3 Å². The molecule has 2 heteroatoms. The van der Waals surface area contributed by atoms with E-state index in [4.69, 9.17) is 0 Å². The molecule has 2 rings (SSSR count). The highest BCUT2D eigenvalue weighted by atomic mass is 15.2. The van der Waals surface area contributed by atoms with Gasteiger partial charge in [-0.15, -0.1) is 0 Å². The minimum Gasteiger partial charge on any atom is -0.316 e. The quantitative estimate of drug-likeness (QED) is 0.515. The molecule has 0 aromatic rings. The molecule has 2 fully saturated rings. The summed E-state index contributed by atoms with van der Waals surface area (Å²) >= 11 is 0. The summed E-state index contributed by atoms with van der Waals surface area (Å²) in [4.78, 5) is 2.45. The number of likely N-dealkylation sites (tertiary alicyclic amines) is 1. The molecule has 2 nitrogen and oxygen atoms in total. The fraction of sp³-hybridized carbons (Fsp3) is 1.00. The van der Waals surface area contributed by atoms with E-state index in [1.54, 1.807) is 0 Å². The van der Waals surface area contributed by atoms with E-state index in [-0.39, 0.29) is 0 Å². The Hall–Kier alpha value is -0.0800. The molecular formula is C8H16N2. The van der Waals surface area contributed by atoms with Gasteiger partial charge in [-0.05, 0) is 24.9 Å². The zero-order valence-electron chi connectivity index (χ0n) is 6.85. The van der Waals surface area contributed by atoms with Gasteiger partial charge >= 0.3 is 0 Å². The van der Waals surface area contributed by atoms with Crippen LogP contribution in [0.5, 0.6) is 0 Å². The topological polar surface area (TPSA) is 15.3 Å². The van der Waals surface area contributed by atoms with Crippen LogP contribution in [0.15, 0.2) is 0 Å².